The lowest BCUT2D eigenvalue weighted by Crippen LogP contribution is -2.07. The van der Waals surface area contributed by atoms with Crippen LogP contribution in [0.2, 0.25) is 0 Å². The fourth-order valence-corrected chi connectivity index (χ4v) is 3.57. The van der Waals surface area contributed by atoms with Gasteiger partial charge in [0.1, 0.15) is 0 Å². The van der Waals surface area contributed by atoms with E-state index < -0.39 is 16.0 Å². The number of aryl methyl sites for hydroxylation is 1. The fraction of sp³-hybridized carbons (Fsp3) is 0.636. The minimum Gasteiger partial charge on any atom is -0.266 e. The molecule has 0 saturated heterocycles. The normalized spacial score (nSPS) is 11.9. The van der Waals surface area contributed by atoms with Crippen LogP contribution in [0, 0.1) is 18.8 Å². The van der Waals surface area contributed by atoms with Gasteiger partial charge >= 0.3 is 0 Å². The Bertz CT molecular complexity index is 711. The van der Waals surface area contributed by atoms with Gasteiger partial charge in [0.15, 0.2) is 0 Å². The van der Waals surface area contributed by atoms with Gasteiger partial charge in [-0.2, -0.15) is 8.42 Å². The number of hydrogen-bond acceptors (Lipinski definition) is 3. The first kappa shape index (κ1) is 24.6. The Morgan fingerprint density at radius 3 is 2.00 bits per heavy atom. The average molecular weight is 415 g/mol. The van der Waals surface area contributed by atoms with E-state index in [1.807, 2.05) is 6.92 Å². The van der Waals surface area contributed by atoms with Crippen LogP contribution in [0.4, 0.5) is 8.78 Å². The summed E-state index contributed by atoms with van der Waals surface area (Å²) in [6.45, 7) is 3.00. The summed E-state index contributed by atoms with van der Waals surface area (Å²) in [4.78, 5) is 0.200. The highest BCUT2D eigenvalue weighted by molar-refractivity contribution is 7.86. The highest BCUT2D eigenvalue weighted by Crippen LogP contribution is 2.16. The molecule has 0 atom stereocenters. The third-order valence-corrected chi connectivity index (χ3v) is 5.59. The van der Waals surface area contributed by atoms with Gasteiger partial charge < -0.3 is 0 Å². The molecule has 3 nitrogen and oxygen atoms in total. The molecule has 0 unspecified atom stereocenters. The molecular weight excluding hydrogens is 382 g/mol. The second-order valence-electron chi connectivity index (χ2n) is 7.27. The maximum absolute atomic E-state index is 12.6. The molecule has 0 aliphatic heterocycles. The van der Waals surface area contributed by atoms with Crippen LogP contribution >= 0.6 is 0 Å². The number of alkyl halides is 2. The van der Waals surface area contributed by atoms with Crippen molar-refractivity contribution in [3.05, 3.63) is 29.8 Å². The predicted molar refractivity (Wildman–Crippen MR) is 109 cm³/mol. The van der Waals surface area contributed by atoms with Gasteiger partial charge in [0.2, 0.25) is 0 Å². The molecule has 28 heavy (non-hydrogen) atoms. The van der Waals surface area contributed by atoms with Crippen LogP contribution in [0.5, 0.6) is 0 Å². The Morgan fingerprint density at radius 1 is 0.893 bits per heavy atom. The summed E-state index contributed by atoms with van der Waals surface area (Å²) >= 11 is 0. The van der Waals surface area contributed by atoms with Gasteiger partial charge in [-0.15, -0.1) is 5.92 Å². The number of unbranched alkanes of at least 4 members (excludes halogenated alkanes) is 8. The lowest BCUT2D eigenvalue weighted by atomic mass is 10.1. The number of benzene rings is 1. The summed E-state index contributed by atoms with van der Waals surface area (Å²) in [5, 5.41) is 0. The van der Waals surface area contributed by atoms with E-state index in [-0.39, 0.29) is 17.9 Å². The van der Waals surface area contributed by atoms with Crippen molar-refractivity contribution in [2.24, 2.45) is 0 Å². The molecular formula is C22H32F2O3S. The monoisotopic (exact) mass is 414 g/mol. The van der Waals surface area contributed by atoms with Crippen LogP contribution in [0.15, 0.2) is 29.2 Å². The third-order valence-electron chi connectivity index (χ3n) is 4.27. The van der Waals surface area contributed by atoms with Gasteiger partial charge in [-0.1, -0.05) is 62.1 Å². The SMILES string of the molecule is Cc1ccc(S(=O)(=O)OCCCCCCCCCCC#CCC(C)(F)F)cc1. The van der Waals surface area contributed by atoms with Crippen molar-refractivity contribution in [2.45, 2.75) is 88.9 Å². The molecule has 0 fully saturated rings. The smallest absolute Gasteiger partial charge is 0.266 e. The van der Waals surface area contributed by atoms with Crippen molar-refractivity contribution in [3.8, 4) is 11.8 Å². The first-order valence-electron chi connectivity index (χ1n) is 10.0. The zero-order valence-electron chi connectivity index (χ0n) is 17.0. The third kappa shape index (κ3) is 12.1. The van der Waals surface area contributed by atoms with E-state index in [4.69, 9.17) is 4.18 Å². The molecule has 0 heterocycles. The summed E-state index contributed by atoms with van der Waals surface area (Å²) in [6, 6.07) is 6.64. The molecule has 0 N–H and O–H groups in total. The van der Waals surface area contributed by atoms with E-state index >= 15 is 0 Å². The molecule has 0 bridgehead atoms. The second kappa shape index (κ2) is 12.9. The van der Waals surface area contributed by atoms with E-state index in [1.165, 1.54) is 0 Å². The number of halogens is 2. The van der Waals surface area contributed by atoms with Gasteiger partial charge in [-0.25, -0.2) is 8.78 Å². The van der Waals surface area contributed by atoms with Crippen molar-refractivity contribution in [1.29, 1.82) is 0 Å². The molecule has 0 aliphatic carbocycles. The first-order valence-corrected chi connectivity index (χ1v) is 11.4. The highest BCUT2D eigenvalue weighted by Gasteiger charge is 2.18. The lowest BCUT2D eigenvalue weighted by molar-refractivity contribution is 0.0278. The summed E-state index contributed by atoms with van der Waals surface area (Å²) in [5.74, 6) is 2.63. The van der Waals surface area contributed by atoms with Gasteiger partial charge in [0.25, 0.3) is 16.0 Å². The van der Waals surface area contributed by atoms with E-state index in [9.17, 15) is 17.2 Å². The van der Waals surface area contributed by atoms with E-state index in [1.54, 1.807) is 24.3 Å². The summed E-state index contributed by atoms with van der Waals surface area (Å²) < 4.78 is 54.2. The zero-order chi connectivity index (χ0) is 20.9. The second-order valence-corrected chi connectivity index (χ2v) is 8.88. The van der Waals surface area contributed by atoms with Crippen LogP contribution < -0.4 is 0 Å². The molecule has 6 heteroatoms. The van der Waals surface area contributed by atoms with E-state index in [0.717, 1.165) is 63.9 Å². The molecule has 0 radical (unpaired) electrons. The first-order chi connectivity index (χ1) is 13.2. The fourth-order valence-electron chi connectivity index (χ4n) is 2.62. The minimum absolute atomic E-state index is 0.200. The minimum atomic E-state index is -3.65. The van der Waals surface area contributed by atoms with Crippen molar-refractivity contribution in [3.63, 3.8) is 0 Å². The van der Waals surface area contributed by atoms with E-state index in [0.29, 0.717) is 6.42 Å². The van der Waals surface area contributed by atoms with Crippen molar-refractivity contribution in [2.75, 3.05) is 6.61 Å². The lowest BCUT2D eigenvalue weighted by Gasteiger charge is -2.06. The average Bonchev–Trinajstić information content (AvgIpc) is 2.61. The quantitative estimate of drug-likeness (QED) is 0.217. The van der Waals surface area contributed by atoms with Crippen molar-refractivity contribution >= 4 is 10.1 Å². The maximum Gasteiger partial charge on any atom is 0.296 e. The maximum atomic E-state index is 12.6. The molecule has 0 aromatic heterocycles. The van der Waals surface area contributed by atoms with Crippen molar-refractivity contribution in [1.82, 2.24) is 0 Å². The van der Waals surface area contributed by atoms with Crippen LogP contribution in [0.25, 0.3) is 0 Å². The van der Waals surface area contributed by atoms with Gasteiger partial charge in [0.05, 0.1) is 17.9 Å². The summed E-state index contributed by atoms with van der Waals surface area (Å²) in [7, 11) is -3.65. The Labute approximate surface area is 169 Å². The van der Waals surface area contributed by atoms with Gasteiger partial charge in [0, 0.05) is 13.3 Å². The van der Waals surface area contributed by atoms with E-state index in [2.05, 4.69) is 11.8 Å². The number of rotatable bonds is 13. The summed E-state index contributed by atoms with van der Waals surface area (Å²) in [5.41, 5.74) is 1.01. The van der Waals surface area contributed by atoms with Gasteiger partial charge in [-0.3, -0.25) is 4.18 Å². The molecule has 0 aliphatic rings. The molecule has 1 aromatic rings. The highest BCUT2D eigenvalue weighted by atomic mass is 32.2. The Balaban J connectivity index is 1.97. The molecule has 1 aromatic carbocycles. The van der Waals surface area contributed by atoms with Crippen molar-refractivity contribution < 1.29 is 21.4 Å². The Kier molecular flexibility index (Phi) is 11.3. The largest absolute Gasteiger partial charge is 0.296 e. The van der Waals surface area contributed by atoms with Gasteiger partial charge in [-0.05, 0) is 31.9 Å². The van der Waals surface area contributed by atoms with Crippen LogP contribution in [-0.2, 0) is 14.3 Å². The van der Waals surface area contributed by atoms with Crippen LogP contribution in [0.1, 0.15) is 76.7 Å². The molecule has 1 rings (SSSR count). The standard InChI is InChI=1S/C22H32F2O3S/c1-20-14-16-21(17-15-20)28(25,26)27-19-13-11-9-7-5-3-4-6-8-10-12-18-22(2,23)24/h14-17H,3-9,11,13,18-19H2,1-2H3. The predicted octanol–water partition coefficient (Wildman–Crippen LogP) is 6.26. The Morgan fingerprint density at radius 2 is 1.43 bits per heavy atom. The van der Waals surface area contributed by atoms with Crippen LogP contribution in [0.3, 0.4) is 0 Å². The zero-order valence-corrected chi connectivity index (χ0v) is 17.8. The molecule has 0 amide bonds. The topological polar surface area (TPSA) is 43.4 Å². The van der Waals surface area contributed by atoms with Crippen LogP contribution in [-0.4, -0.2) is 20.9 Å². The molecule has 158 valence electrons. The molecule has 0 spiro atoms. The Hall–Kier alpha value is -1.45. The molecule has 0 saturated carbocycles. The number of hydrogen-bond donors (Lipinski definition) is 0. The summed E-state index contributed by atoms with van der Waals surface area (Å²) in [6.07, 6.45) is 8.42.